The van der Waals surface area contributed by atoms with Crippen LogP contribution in [0.2, 0.25) is 0 Å². The van der Waals surface area contributed by atoms with Crippen LogP contribution in [-0.2, 0) is 25.7 Å². The molecule has 2 bridgehead atoms. The van der Waals surface area contributed by atoms with E-state index in [1.807, 2.05) is 66.9 Å². The molecule has 3 unspecified atom stereocenters. The number of hydrogen-bond donors (Lipinski definition) is 2. The maximum Gasteiger partial charge on any atom is 0.246 e. The number of likely N-dealkylation sites (tertiary alicyclic amines) is 1. The molecule has 2 saturated heterocycles. The zero-order valence-electron chi connectivity index (χ0n) is 22.8. The Balaban J connectivity index is 1.32. The van der Waals surface area contributed by atoms with Gasteiger partial charge in [-0.25, -0.2) is 0 Å². The Morgan fingerprint density at radius 2 is 1.90 bits per heavy atom. The molecule has 4 aliphatic rings. The first-order valence-corrected chi connectivity index (χ1v) is 15.2. The van der Waals surface area contributed by atoms with E-state index in [4.69, 9.17) is 9.47 Å². The molecule has 2 aromatic rings. The highest BCUT2D eigenvalue weighted by molar-refractivity contribution is 7.98. The second kappa shape index (κ2) is 10.9. The molecule has 1 aliphatic carbocycles. The second-order valence-electron chi connectivity index (χ2n) is 11.1. The fraction of sp³-hybridized carbons (Fsp3) is 0.452. The minimum absolute atomic E-state index is 0.0795. The summed E-state index contributed by atoms with van der Waals surface area (Å²) in [6.07, 6.45) is 10.3. The molecule has 8 nitrogen and oxygen atoms in total. The predicted octanol–water partition coefficient (Wildman–Crippen LogP) is 4.16. The van der Waals surface area contributed by atoms with Crippen LogP contribution in [0.15, 0.2) is 65.6 Å². The molecule has 0 radical (unpaired) electrons. The highest BCUT2D eigenvalue weighted by Gasteiger charge is 2.72. The lowest BCUT2D eigenvalue weighted by Gasteiger charge is -2.34. The molecular weight excluding hydrogens is 526 g/mol. The Bertz CT molecular complexity index is 1340. The Hall–Kier alpha value is -3.30. The summed E-state index contributed by atoms with van der Waals surface area (Å²) in [5, 5.41) is 6.24. The van der Waals surface area contributed by atoms with Gasteiger partial charge in [0.25, 0.3) is 0 Å². The molecule has 40 heavy (non-hydrogen) atoms. The molecular formula is C31H35N3O5S. The van der Waals surface area contributed by atoms with Crippen LogP contribution in [0, 0.1) is 11.8 Å². The van der Waals surface area contributed by atoms with Gasteiger partial charge in [-0.1, -0.05) is 49.6 Å². The van der Waals surface area contributed by atoms with Crippen molar-refractivity contribution in [1.29, 1.82) is 0 Å². The van der Waals surface area contributed by atoms with Gasteiger partial charge in [-0.2, -0.15) is 0 Å². The molecule has 2 aromatic carbocycles. The molecule has 0 aromatic heterocycles. The topological polar surface area (TPSA) is 97.0 Å². The number of methoxy groups -OCH3 is 1. The lowest BCUT2D eigenvalue weighted by atomic mass is 9.74. The SMILES string of the molecule is COc1cccc(CN2C(=O)[C@@H]3C(C(=O)Nc4cccc(SC)c4)[C@@H]4C=CC3(O4)C2C(=O)NC2CCCCC2)c1. The van der Waals surface area contributed by atoms with Gasteiger partial charge in [0.1, 0.15) is 17.4 Å². The van der Waals surface area contributed by atoms with Gasteiger partial charge >= 0.3 is 0 Å². The van der Waals surface area contributed by atoms with Crippen molar-refractivity contribution in [1.82, 2.24) is 10.2 Å². The number of rotatable bonds is 8. The highest BCUT2D eigenvalue weighted by atomic mass is 32.2. The normalized spacial score (nSPS) is 28.9. The number of carbonyl (C=O) groups is 3. The first-order chi connectivity index (χ1) is 19.4. The van der Waals surface area contributed by atoms with Gasteiger partial charge in [0.05, 0.1) is 25.0 Å². The monoisotopic (exact) mass is 561 g/mol. The molecule has 9 heteroatoms. The van der Waals surface area contributed by atoms with E-state index in [2.05, 4.69) is 10.6 Å². The average molecular weight is 562 g/mol. The molecule has 1 saturated carbocycles. The smallest absolute Gasteiger partial charge is 0.246 e. The molecule has 1 spiro atoms. The fourth-order valence-electron chi connectivity index (χ4n) is 6.86. The number of carbonyl (C=O) groups excluding carboxylic acids is 3. The molecule has 210 valence electrons. The van der Waals surface area contributed by atoms with Crippen molar-refractivity contribution in [3.63, 3.8) is 0 Å². The third-order valence-corrected chi connectivity index (χ3v) is 9.43. The zero-order valence-corrected chi connectivity index (χ0v) is 23.6. The van der Waals surface area contributed by atoms with E-state index >= 15 is 0 Å². The fourth-order valence-corrected chi connectivity index (χ4v) is 7.32. The number of amides is 3. The van der Waals surface area contributed by atoms with E-state index in [0.29, 0.717) is 11.4 Å². The Labute approximate surface area is 238 Å². The van der Waals surface area contributed by atoms with E-state index in [1.54, 1.807) is 23.8 Å². The van der Waals surface area contributed by atoms with Crippen LogP contribution in [0.25, 0.3) is 0 Å². The van der Waals surface area contributed by atoms with Gasteiger partial charge in [0.15, 0.2) is 0 Å². The summed E-state index contributed by atoms with van der Waals surface area (Å²) in [6, 6.07) is 14.3. The maximum absolute atomic E-state index is 14.2. The first-order valence-electron chi connectivity index (χ1n) is 14.0. The van der Waals surface area contributed by atoms with Gasteiger partial charge in [-0.05, 0) is 55.0 Å². The van der Waals surface area contributed by atoms with Crippen LogP contribution in [0.4, 0.5) is 5.69 Å². The van der Waals surface area contributed by atoms with Crippen LogP contribution in [0.5, 0.6) is 5.75 Å². The highest BCUT2D eigenvalue weighted by Crippen LogP contribution is 2.55. The summed E-state index contributed by atoms with van der Waals surface area (Å²) in [7, 11) is 1.60. The number of nitrogens with zero attached hydrogens (tertiary/aromatic N) is 1. The van der Waals surface area contributed by atoms with Crippen LogP contribution in [0.1, 0.15) is 37.7 Å². The molecule has 5 atom stereocenters. The van der Waals surface area contributed by atoms with Crippen molar-refractivity contribution in [3.05, 3.63) is 66.2 Å². The van der Waals surface area contributed by atoms with Crippen LogP contribution < -0.4 is 15.4 Å². The van der Waals surface area contributed by atoms with Crippen molar-refractivity contribution >= 4 is 35.2 Å². The molecule has 6 rings (SSSR count). The lowest BCUT2D eigenvalue weighted by molar-refractivity contribution is -0.142. The summed E-state index contributed by atoms with van der Waals surface area (Å²) in [4.78, 5) is 44.6. The quantitative estimate of drug-likeness (QED) is 0.371. The van der Waals surface area contributed by atoms with Gasteiger partial charge in [0, 0.05) is 23.2 Å². The summed E-state index contributed by atoms with van der Waals surface area (Å²) in [5.74, 6) is -1.59. The van der Waals surface area contributed by atoms with E-state index in [0.717, 1.165) is 36.1 Å². The van der Waals surface area contributed by atoms with Gasteiger partial charge < -0.3 is 25.0 Å². The summed E-state index contributed by atoms with van der Waals surface area (Å²) in [5.41, 5.74) is 0.318. The number of ether oxygens (including phenoxy) is 2. The number of benzene rings is 2. The minimum atomic E-state index is -1.19. The summed E-state index contributed by atoms with van der Waals surface area (Å²) >= 11 is 1.59. The minimum Gasteiger partial charge on any atom is -0.497 e. The van der Waals surface area contributed by atoms with E-state index in [1.165, 1.54) is 6.42 Å². The maximum atomic E-state index is 14.2. The number of thioether (sulfide) groups is 1. The van der Waals surface area contributed by atoms with Crippen LogP contribution >= 0.6 is 11.8 Å². The predicted molar refractivity (Wildman–Crippen MR) is 153 cm³/mol. The lowest BCUT2D eigenvalue weighted by Crippen LogP contribution is -2.56. The van der Waals surface area contributed by atoms with Crippen molar-refractivity contribution in [2.24, 2.45) is 11.8 Å². The average Bonchev–Trinajstić information content (AvgIpc) is 3.61. The van der Waals surface area contributed by atoms with Crippen LogP contribution in [0.3, 0.4) is 0 Å². The second-order valence-corrected chi connectivity index (χ2v) is 12.0. The van der Waals surface area contributed by atoms with Gasteiger partial charge in [-0.15, -0.1) is 11.8 Å². The standard InChI is InChI=1S/C31H35N3O5S/c1-38-22-12-6-8-19(16-22)18-34-27(29(36)32-20-9-4-3-5-10-20)31-15-14-24(39-31)25(26(31)30(34)37)28(35)33-21-11-7-13-23(17-21)40-2/h6-8,11-17,20,24-27H,3-5,9-10,18H2,1-2H3,(H,32,36)(H,33,35)/t24-,25?,26-,27?,31?/m0/s1. The van der Waals surface area contributed by atoms with Gasteiger partial charge in [-0.3, -0.25) is 14.4 Å². The molecule has 3 heterocycles. The van der Waals surface area contributed by atoms with E-state index < -0.39 is 29.6 Å². The van der Waals surface area contributed by atoms with Crippen molar-refractivity contribution in [3.8, 4) is 5.75 Å². The van der Waals surface area contributed by atoms with E-state index in [-0.39, 0.29) is 30.3 Å². The molecule has 3 aliphatic heterocycles. The zero-order chi connectivity index (χ0) is 27.9. The Kier molecular flexibility index (Phi) is 7.35. The number of hydrogen-bond acceptors (Lipinski definition) is 6. The first kappa shape index (κ1) is 26.9. The number of anilines is 1. The largest absolute Gasteiger partial charge is 0.497 e. The summed E-state index contributed by atoms with van der Waals surface area (Å²) < 4.78 is 11.9. The number of nitrogens with one attached hydrogen (secondary N) is 2. The number of fused-ring (bicyclic) bond motifs is 1. The summed E-state index contributed by atoms with van der Waals surface area (Å²) in [6.45, 7) is 0.211. The third kappa shape index (κ3) is 4.69. The molecule has 3 fully saturated rings. The van der Waals surface area contributed by atoms with Crippen molar-refractivity contribution < 1.29 is 23.9 Å². The van der Waals surface area contributed by atoms with Gasteiger partial charge in [0.2, 0.25) is 17.7 Å². The van der Waals surface area contributed by atoms with Crippen molar-refractivity contribution in [2.75, 3.05) is 18.7 Å². The van der Waals surface area contributed by atoms with Crippen molar-refractivity contribution in [2.45, 2.75) is 67.3 Å². The molecule has 3 amide bonds. The Morgan fingerprint density at radius 1 is 1.10 bits per heavy atom. The van der Waals surface area contributed by atoms with E-state index in [9.17, 15) is 14.4 Å². The van der Waals surface area contributed by atoms with Crippen LogP contribution in [-0.4, -0.2) is 59.8 Å². The molecule has 2 N–H and O–H groups in total. The Morgan fingerprint density at radius 3 is 2.67 bits per heavy atom. The third-order valence-electron chi connectivity index (χ3n) is 8.70.